The quantitative estimate of drug-likeness (QED) is 0.360. The summed E-state index contributed by atoms with van der Waals surface area (Å²) < 4.78 is 32.0. The Morgan fingerprint density at radius 3 is 1.48 bits per heavy atom. The number of aliphatic hydroxyl groups is 1. The highest BCUT2D eigenvalue weighted by molar-refractivity contribution is 7.87. The van der Waals surface area contributed by atoms with Crippen LogP contribution in [0.15, 0.2) is 0 Å². The summed E-state index contributed by atoms with van der Waals surface area (Å²) in [6.45, 7) is 4.21. The van der Waals surface area contributed by atoms with Crippen molar-refractivity contribution in [2.24, 2.45) is 0 Å². The van der Waals surface area contributed by atoms with Gasteiger partial charge in [0, 0.05) is 0 Å². The summed E-state index contributed by atoms with van der Waals surface area (Å²) in [4.78, 5) is -1.94. The molecular formula is C16H34O4S. The zero-order chi connectivity index (χ0) is 16.2. The minimum Gasteiger partial charge on any atom is -0.372 e. The predicted molar refractivity (Wildman–Crippen MR) is 87.9 cm³/mol. The number of rotatable bonds is 14. The van der Waals surface area contributed by atoms with Crippen molar-refractivity contribution in [2.75, 3.05) is 0 Å². The molecular weight excluding hydrogens is 288 g/mol. The van der Waals surface area contributed by atoms with Crippen LogP contribution in [0, 0.1) is 0 Å². The number of unbranched alkanes of at least 4 members (excludes halogenated alkanes) is 9. The first-order valence-electron chi connectivity index (χ1n) is 8.56. The first-order valence-corrected chi connectivity index (χ1v) is 10.0. The van der Waals surface area contributed by atoms with Gasteiger partial charge >= 0.3 is 0 Å². The third-order valence-electron chi connectivity index (χ3n) is 4.07. The van der Waals surface area contributed by atoms with Gasteiger partial charge in [-0.2, -0.15) is 8.42 Å². The Hall–Kier alpha value is -0.130. The normalized spacial score (nSPS) is 15.0. The van der Waals surface area contributed by atoms with Gasteiger partial charge in [0.1, 0.15) is 0 Å². The van der Waals surface area contributed by atoms with E-state index in [4.69, 9.17) is 0 Å². The van der Waals surface area contributed by atoms with Gasteiger partial charge in [-0.15, -0.1) is 0 Å². The van der Waals surface area contributed by atoms with Gasteiger partial charge in [-0.05, 0) is 25.7 Å². The monoisotopic (exact) mass is 322 g/mol. The molecule has 128 valence electrons. The molecule has 0 heterocycles. The van der Waals surface area contributed by atoms with Crippen LogP contribution in [0.2, 0.25) is 0 Å². The van der Waals surface area contributed by atoms with Gasteiger partial charge in [0.2, 0.25) is 0 Å². The molecule has 0 fully saturated rings. The van der Waals surface area contributed by atoms with Crippen molar-refractivity contribution in [1.29, 1.82) is 0 Å². The summed E-state index contributed by atoms with van der Waals surface area (Å²) in [5, 5.41) is 10.2. The predicted octanol–water partition coefficient (Wildman–Crippen LogP) is 4.67. The molecule has 2 N–H and O–H groups in total. The van der Waals surface area contributed by atoms with E-state index in [1.54, 1.807) is 0 Å². The largest absolute Gasteiger partial charge is 0.372 e. The van der Waals surface area contributed by atoms with Crippen LogP contribution >= 0.6 is 0 Å². The van der Waals surface area contributed by atoms with Gasteiger partial charge in [-0.25, -0.2) is 0 Å². The Balaban J connectivity index is 3.97. The van der Waals surface area contributed by atoms with Crippen molar-refractivity contribution in [1.82, 2.24) is 0 Å². The minimum absolute atomic E-state index is 0.135. The second-order valence-electron chi connectivity index (χ2n) is 6.10. The number of hydrogen-bond acceptors (Lipinski definition) is 3. The highest BCUT2D eigenvalue weighted by Gasteiger charge is 2.39. The Morgan fingerprint density at radius 2 is 1.05 bits per heavy atom. The fourth-order valence-corrected chi connectivity index (χ4v) is 3.37. The van der Waals surface area contributed by atoms with Crippen LogP contribution in [0.1, 0.15) is 97.3 Å². The maximum Gasteiger partial charge on any atom is 0.294 e. The average molecular weight is 323 g/mol. The fourth-order valence-electron chi connectivity index (χ4n) is 2.57. The molecule has 0 aliphatic rings. The Bertz CT molecular complexity index is 340. The third-order valence-corrected chi connectivity index (χ3v) is 5.44. The van der Waals surface area contributed by atoms with E-state index in [0.717, 1.165) is 25.7 Å². The van der Waals surface area contributed by atoms with Crippen molar-refractivity contribution in [3.8, 4) is 0 Å². The third kappa shape index (κ3) is 9.48. The van der Waals surface area contributed by atoms with E-state index in [1.807, 2.05) is 6.92 Å². The SMILES string of the molecule is CCCCCCCCCCC(O)(CCCCC)S(=O)(=O)O. The van der Waals surface area contributed by atoms with Crippen LogP contribution in [0.3, 0.4) is 0 Å². The summed E-state index contributed by atoms with van der Waals surface area (Å²) in [7, 11) is -4.39. The summed E-state index contributed by atoms with van der Waals surface area (Å²) in [6.07, 6.45) is 11.5. The fraction of sp³-hybridized carbons (Fsp3) is 1.00. The topological polar surface area (TPSA) is 74.6 Å². The molecule has 1 atom stereocenters. The molecule has 0 aromatic rings. The molecule has 0 amide bonds. The standard InChI is InChI=1S/C16H34O4S/c1-3-5-7-8-9-10-11-13-15-16(17,21(18,19)20)14-12-6-4-2/h17H,3-15H2,1-2H3,(H,18,19,20). The first-order chi connectivity index (χ1) is 9.87. The van der Waals surface area contributed by atoms with E-state index in [1.165, 1.54) is 32.1 Å². The van der Waals surface area contributed by atoms with Crippen molar-refractivity contribution in [3.05, 3.63) is 0 Å². The van der Waals surface area contributed by atoms with Gasteiger partial charge in [0.05, 0.1) is 0 Å². The lowest BCUT2D eigenvalue weighted by Crippen LogP contribution is -2.38. The lowest BCUT2D eigenvalue weighted by Gasteiger charge is -2.24. The first kappa shape index (κ1) is 20.9. The molecule has 0 saturated heterocycles. The van der Waals surface area contributed by atoms with Crippen LogP contribution in [0.5, 0.6) is 0 Å². The molecule has 0 saturated carbocycles. The van der Waals surface area contributed by atoms with E-state index >= 15 is 0 Å². The molecule has 0 aromatic heterocycles. The van der Waals surface area contributed by atoms with Gasteiger partial charge in [-0.3, -0.25) is 4.55 Å². The second kappa shape index (κ2) is 11.4. The lowest BCUT2D eigenvalue weighted by atomic mass is 10.0. The van der Waals surface area contributed by atoms with Gasteiger partial charge in [0.15, 0.2) is 4.93 Å². The van der Waals surface area contributed by atoms with Gasteiger partial charge in [0.25, 0.3) is 10.1 Å². The molecule has 0 aliphatic heterocycles. The Labute approximate surface area is 131 Å². The summed E-state index contributed by atoms with van der Waals surface area (Å²) in [5.74, 6) is 0. The summed E-state index contributed by atoms with van der Waals surface area (Å²) >= 11 is 0. The molecule has 0 bridgehead atoms. The molecule has 4 nitrogen and oxygen atoms in total. The molecule has 5 heteroatoms. The van der Waals surface area contributed by atoms with E-state index in [-0.39, 0.29) is 12.8 Å². The van der Waals surface area contributed by atoms with Crippen molar-refractivity contribution in [2.45, 2.75) is 102 Å². The molecule has 0 rings (SSSR count). The lowest BCUT2D eigenvalue weighted by molar-refractivity contribution is 0.0886. The van der Waals surface area contributed by atoms with E-state index in [2.05, 4.69) is 6.92 Å². The Kier molecular flexibility index (Phi) is 11.4. The molecule has 1 unspecified atom stereocenters. The maximum atomic E-state index is 11.4. The summed E-state index contributed by atoms with van der Waals surface area (Å²) in [5.41, 5.74) is 0. The molecule has 0 aliphatic carbocycles. The highest BCUT2D eigenvalue weighted by Crippen LogP contribution is 2.27. The highest BCUT2D eigenvalue weighted by atomic mass is 32.2. The van der Waals surface area contributed by atoms with E-state index < -0.39 is 15.1 Å². The molecule has 21 heavy (non-hydrogen) atoms. The van der Waals surface area contributed by atoms with Gasteiger partial charge < -0.3 is 5.11 Å². The average Bonchev–Trinajstić information content (AvgIpc) is 2.41. The van der Waals surface area contributed by atoms with Gasteiger partial charge in [-0.1, -0.05) is 71.6 Å². The second-order valence-corrected chi connectivity index (χ2v) is 7.81. The number of hydrogen-bond donors (Lipinski definition) is 2. The van der Waals surface area contributed by atoms with Crippen molar-refractivity contribution >= 4 is 10.1 Å². The van der Waals surface area contributed by atoms with E-state index in [0.29, 0.717) is 12.8 Å². The zero-order valence-electron chi connectivity index (χ0n) is 13.8. The summed E-state index contributed by atoms with van der Waals surface area (Å²) in [6, 6.07) is 0. The molecule has 0 aromatic carbocycles. The maximum absolute atomic E-state index is 11.4. The van der Waals surface area contributed by atoms with Crippen molar-refractivity contribution in [3.63, 3.8) is 0 Å². The van der Waals surface area contributed by atoms with Crippen LogP contribution in [-0.4, -0.2) is 23.0 Å². The van der Waals surface area contributed by atoms with E-state index in [9.17, 15) is 18.1 Å². The van der Waals surface area contributed by atoms with Crippen LogP contribution < -0.4 is 0 Å². The smallest absolute Gasteiger partial charge is 0.294 e. The molecule has 0 radical (unpaired) electrons. The molecule has 0 spiro atoms. The minimum atomic E-state index is -4.39. The zero-order valence-corrected chi connectivity index (χ0v) is 14.6. The van der Waals surface area contributed by atoms with Crippen LogP contribution in [-0.2, 0) is 10.1 Å². The van der Waals surface area contributed by atoms with Crippen LogP contribution in [0.25, 0.3) is 0 Å². The Morgan fingerprint density at radius 1 is 0.714 bits per heavy atom. The van der Waals surface area contributed by atoms with Crippen LogP contribution in [0.4, 0.5) is 0 Å². The van der Waals surface area contributed by atoms with Crippen molar-refractivity contribution < 1.29 is 18.1 Å².